The van der Waals surface area contributed by atoms with Crippen LogP contribution < -0.4 is 9.64 Å². The minimum absolute atomic E-state index is 0.0835. The maximum atomic E-state index is 11.3. The minimum Gasteiger partial charge on any atom is -0.494 e. The van der Waals surface area contributed by atoms with Crippen molar-refractivity contribution >= 4 is 11.5 Å². The Hall–Kier alpha value is -2.40. The fourth-order valence-corrected chi connectivity index (χ4v) is 3.18. The fourth-order valence-electron chi connectivity index (χ4n) is 3.18. The molecule has 1 aromatic carbocycles. The predicted molar refractivity (Wildman–Crippen MR) is 104 cm³/mol. The number of piperazine rings is 1. The third-order valence-electron chi connectivity index (χ3n) is 4.78. The second-order valence-corrected chi connectivity index (χ2v) is 6.68. The zero-order valence-corrected chi connectivity index (χ0v) is 15.4. The number of Topliss-reactive ketones (excluding diaryl/α,β-unsaturated/α-hetero) is 1. The van der Waals surface area contributed by atoms with E-state index < -0.39 is 0 Å². The molecule has 1 aromatic heterocycles. The zero-order chi connectivity index (χ0) is 18.2. The van der Waals surface area contributed by atoms with Crippen molar-refractivity contribution in [2.75, 3.05) is 44.2 Å². The number of benzene rings is 1. The maximum Gasteiger partial charge on any atom is 0.159 e. The first-order chi connectivity index (χ1) is 12.7. The summed E-state index contributed by atoms with van der Waals surface area (Å²) in [6.07, 6.45) is 5.94. The Kier molecular flexibility index (Phi) is 6.61. The Labute approximate surface area is 155 Å². The lowest BCUT2D eigenvalue weighted by Gasteiger charge is -2.35. The molecular formula is C21H27N3O2. The molecule has 2 heterocycles. The summed E-state index contributed by atoms with van der Waals surface area (Å²) in [5.41, 5.74) is 1.94. The van der Waals surface area contributed by atoms with Gasteiger partial charge in [0.15, 0.2) is 5.78 Å². The van der Waals surface area contributed by atoms with Crippen molar-refractivity contribution in [2.45, 2.75) is 19.8 Å². The predicted octanol–water partition coefficient (Wildman–Crippen LogP) is 3.27. The number of carbonyl (C=O) groups excluding carboxylic acids is 1. The Bertz CT molecular complexity index is 680. The first-order valence-electron chi connectivity index (χ1n) is 9.33. The summed E-state index contributed by atoms with van der Waals surface area (Å²) in [6.45, 7) is 7.73. The highest BCUT2D eigenvalue weighted by Gasteiger charge is 2.16. The smallest absolute Gasteiger partial charge is 0.159 e. The van der Waals surface area contributed by atoms with E-state index in [-0.39, 0.29) is 5.78 Å². The highest BCUT2D eigenvalue weighted by atomic mass is 16.5. The quantitative estimate of drug-likeness (QED) is 0.538. The van der Waals surface area contributed by atoms with Crippen LogP contribution in [0.2, 0.25) is 0 Å². The maximum absolute atomic E-state index is 11.3. The molecular weight excluding hydrogens is 326 g/mol. The summed E-state index contributed by atoms with van der Waals surface area (Å²) in [7, 11) is 0. The van der Waals surface area contributed by atoms with Gasteiger partial charge in [-0.05, 0) is 62.7 Å². The van der Waals surface area contributed by atoms with Crippen molar-refractivity contribution < 1.29 is 9.53 Å². The van der Waals surface area contributed by atoms with Gasteiger partial charge in [0, 0.05) is 37.9 Å². The van der Waals surface area contributed by atoms with Gasteiger partial charge in [0.05, 0.1) is 18.5 Å². The SMILES string of the molecule is CC(=O)c1ccc(OCCCCN2CCN(c3cccnc3)CC2)cc1. The minimum atomic E-state index is 0.0835. The van der Waals surface area contributed by atoms with Crippen molar-refractivity contribution in [1.29, 1.82) is 0 Å². The lowest BCUT2D eigenvalue weighted by atomic mass is 10.1. The van der Waals surface area contributed by atoms with Crippen LogP contribution in [0.15, 0.2) is 48.8 Å². The van der Waals surface area contributed by atoms with Crippen molar-refractivity contribution in [1.82, 2.24) is 9.88 Å². The molecule has 0 spiro atoms. The Morgan fingerprint density at radius 3 is 2.50 bits per heavy atom. The van der Waals surface area contributed by atoms with Crippen LogP contribution in [0.25, 0.3) is 0 Å². The summed E-state index contributed by atoms with van der Waals surface area (Å²) in [5.74, 6) is 0.917. The van der Waals surface area contributed by atoms with Gasteiger partial charge in [0.25, 0.3) is 0 Å². The molecule has 0 radical (unpaired) electrons. The third kappa shape index (κ3) is 5.30. The molecule has 0 N–H and O–H groups in total. The van der Waals surface area contributed by atoms with Gasteiger partial charge in [0.2, 0.25) is 0 Å². The molecule has 0 unspecified atom stereocenters. The van der Waals surface area contributed by atoms with Crippen LogP contribution in [-0.2, 0) is 0 Å². The first-order valence-corrected chi connectivity index (χ1v) is 9.33. The molecule has 0 saturated carbocycles. The van der Waals surface area contributed by atoms with Gasteiger partial charge in [-0.3, -0.25) is 14.7 Å². The molecule has 0 aliphatic carbocycles. The molecule has 5 nitrogen and oxygen atoms in total. The summed E-state index contributed by atoms with van der Waals surface area (Å²) < 4.78 is 5.76. The van der Waals surface area contributed by atoms with E-state index in [0.717, 1.165) is 63.5 Å². The molecule has 0 amide bonds. The average Bonchev–Trinajstić information content (AvgIpc) is 2.69. The van der Waals surface area contributed by atoms with Crippen LogP contribution >= 0.6 is 0 Å². The molecule has 1 aliphatic heterocycles. The molecule has 2 aromatic rings. The van der Waals surface area contributed by atoms with Crippen LogP contribution in [0.4, 0.5) is 5.69 Å². The standard InChI is InChI=1S/C21H27N3O2/c1-18(25)19-6-8-21(9-7-19)26-16-3-2-11-23-12-14-24(15-13-23)20-5-4-10-22-17-20/h4-10,17H,2-3,11-16H2,1H3. The van der Waals surface area contributed by atoms with Gasteiger partial charge < -0.3 is 9.64 Å². The highest BCUT2D eigenvalue weighted by molar-refractivity contribution is 5.94. The third-order valence-corrected chi connectivity index (χ3v) is 4.78. The Morgan fingerprint density at radius 2 is 1.85 bits per heavy atom. The van der Waals surface area contributed by atoms with E-state index in [1.165, 1.54) is 5.69 Å². The van der Waals surface area contributed by atoms with Crippen molar-refractivity contribution in [3.05, 3.63) is 54.4 Å². The molecule has 138 valence electrons. The summed E-state index contributed by atoms with van der Waals surface area (Å²) >= 11 is 0. The number of anilines is 1. The van der Waals surface area contributed by atoms with Gasteiger partial charge in [0.1, 0.15) is 5.75 Å². The van der Waals surface area contributed by atoms with Gasteiger partial charge >= 0.3 is 0 Å². The normalized spacial score (nSPS) is 15.0. The van der Waals surface area contributed by atoms with E-state index in [1.54, 1.807) is 6.92 Å². The van der Waals surface area contributed by atoms with Crippen molar-refractivity contribution in [3.63, 3.8) is 0 Å². The number of carbonyl (C=O) groups is 1. The summed E-state index contributed by atoms with van der Waals surface area (Å²) in [5, 5.41) is 0. The number of ether oxygens (including phenoxy) is 1. The van der Waals surface area contributed by atoms with E-state index in [0.29, 0.717) is 0 Å². The number of nitrogens with zero attached hydrogens (tertiary/aromatic N) is 3. The number of unbranched alkanes of at least 4 members (excludes halogenated alkanes) is 1. The molecule has 1 aliphatic rings. The van der Waals surface area contributed by atoms with E-state index in [4.69, 9.17) is 4.74 Å². The number of aromatic nitrogens is 1. The molecule has 5 heteroatoms. The largest absolute Gasteiger partial charge is 0.494 e. The average molecular weight is 353 g/mol. The number of hydrogen-bond donors (Lipinski definition) is 0. The van der Waals surface area contributed by atoms with Crippen LogP contribution in [0.5, 0.6) is 5.75 Å². The summed E-state index contributed by atoms with van der Waals surface area (Å²) in [6, 6.07) is 11.5. The van der Waals surface area contributed by atoms with Crippen LogP contribution in [0.1, 0.15) is 30.1 Å². The number of hydrogen-bond acceptors (Lipinski definition) is 5. The monoisotopic (exact) mass is 353 g/mol. The number of rotatable bonds is 8. The van der Waals surface area contributed by atoms with Crippen LogP contribution in [-0.4, -0.2) is 55.0 Å². The van der Waals surface area contributed by atoms with Crippen molar-refractivity contribution in [3.8, 4) is 5.75 Å². The van der Waals surface area contributed by atoms with Gasteiger partial charge in [-0.25, -0.2) is 0 Å². The van der Waals surface area contributed by atoms with E-state index in [1.807, 2.05) is 42.7 Å². The Balaban J connectivity index is 1.29. The Morgan fingerprint density at radius 1 is 1.08 bits per heavy atom. The van der Waals surface area contributed by atoms with Gasteiger partial charge in [-0.1, -0.05) is 0 Å². The molecule has 3 rings (SSSR count). The van der Waals surface area contributed by atoms with Gasteiger partial charge in [-0.2, -0.15) is 0 Å². The van der Waals surface area contributed by atoms with E-state index >= 15 is 0 Å². The van der Waals surface area contributed by atoms with Gasteiger partial charge in [-0.15, -0.1) is 0 Å². The summed E-state index contributed by atoms with van der Waals surface area (Å²) in [4.78, 5) is 20.4. The van der Waals surface area contributed by atoms with E-state index in [2.05, 4.69) is 20.9 Å². The van der Waals surface area contributed by atoms with E-state index in [9.17, 15) is 4.79 Å². The highest BCUT2D eigenvalue weighted by Crippen LogP contribution is 2.15. The molecule has 0 atom stereocenters. The number of ketones is 1. The fraction of sp³-hybridized carbons (Fsp3) is 0.429. The van der Waals surface area contributed by atoms with Crippen LogP contribution in [0.3, 0.4) is 0 Å². The second kappa shape index (κ2) is 9.34. The molecule has 1 fully saturated rings. The first kappa shape index (κ1) is 18.4. The second-order valence-electron chi connectivity index (χ2n) is 6.68. The zero-order valence-electron chi connectivity index (χ0n) is 15.4. The lowest BCUT2D eigenvalue weighted by molar-refractivity contribution is 0.101. The molecule has 1 saturated heterocycles. The molecule has 26 heavy (non-hydrogen) atoms. The topological polar surface area (TPSA) is 45.7 Å². The lowest BCUT2D eigenvalue weighted by Crippen LogP contribution is -2.46. The van der Waals surface area contributed by atoms with Crippen molar-refractivity contribution in [2.24, 2.45) is 0 Å². The van der Waals surface area contributed by atoms with Crippen LogP contribution in [0, 0.1) is 0 Å². The molecule has 0 bridgehead atoms. The number of pyridine rings is 1.